The van der Waals surface area contributed by atoms with E-state index in [0.717, 1.165) is 19.1 Å². The molecule has 1 saturated carbocycles. The van der Waals surface area contributed by atoms with Gasteiger partial charge in [0.2, 0.25) is 0 Å². The largest absolute Gasteiger partial charge is 0.381 e. The molecule has 1 atom stereocenters. The second-order valence-corrected chi connectivity index (χ2v) is 6.88. The van der Waals surface area contributed by atoms with E-state index in [4.69, 9.17) is 4.74 Å². The molecule has 19 heavy (non-hydrogen) atoms. The van der Waals surface area contributed by atoms with Crippen LogP contribution in [-0.4, -0.2) is 49.3 Å². The number of nitrogens with one attached hydrogen (secondary N) is 1. The highest BCUT2D eigenvalue weighted by Gasteiger charge is 2.43. The molecular formula is C16H30N2O. The van der Waals surface area contributed by atoms with E-state index >= 15 is 0 Å². The molecule has 3 nitrogen and oxygen atoms in total. The van der Waals surface area contributed by atoms with E-state index in [1.807, 2.05) is 0 Å². The van der Waals surface area contributed by atoms with Crippen LogP contribution in [0.4, 0.5) is 0 Å². The molecule has 3 aliphatic rings. The van der Waals surface area contributed by atoms with Crippen molar-refractivity contribution in [3.63, 3.8) is 0 Å². The zero-order chi connectivity index (χ0) is 13.1. The molecule has 2 heterocycles. The zero-order valence-electron chi connectivity index (χ0n) is 12.5. The van der Waals surface area contributed by atoms with Gasteiger partial charge in [-0.05, 0) is 38.0 Å². The number of hydrogen-bond donors (Lipinski definition) is 1. The van der Waals surface area contributed by atoms with Gasteiger partial charge in [0.05, 0.1) is 0 Å². The van der Waals surface area contributed by atoms with Crippen molar-refractivity contribution in [2.24, 2.45) is 5.92 Å². The van der Waals surface area contributed by atoms with Crippen LogP contribution in [-0.2, 0) is 4.74 Å². The quantitative estimate of drug-likeness (QED) is 0.849. The Balaban J connectivity index is 1.65. The number of rotatable bonds is 3. The minimum Gasteiger partial charge on any atom is -0.381 e. The van der Waals surface area contributed by atoms with Crippen molar-refractivity contribution in [3.8, 4) is 0 Å². The summed E-state index contributed by atoms with van der Waals surface area (Å²) in [6, 6.07) is 0.714. The summed E-state index contributed by atoms with van der Waals surface area (Å²) in [7, 11) is 0. The molecule has 0 bridgehead atoms. The molecule has 3 fully saturated rings. The van der Waals surface area contributed by atoms with Gasteiger partial charge in [-0.25, -0.2) is 0 Å². The first kappa shape index (κ1) is 13.8. The molecule has 2 saturated heterocycles. The maximum Gasteiger partial charge on any atom is 0.0469 e. The third-order valence-electron chi connectivity index (χ3n) is 5.68. The van der Waals surface area contributed by atoms with E-state index in [9.17, 15) is 0 Å². The maximum absolute atomic E-state index is 5.52. The van der Waals surface area contributed by atoms with Crippen LogP contribution in [0.15, 0.2) is 0 Å². The molecule has 2 aliphatic heterocycles. The molecule has 0 radical (unpaired) electrons. The Hall–Kier alpha value is -0.120. The molecule has 3 heteroatoms. The molecule has 110 valence electrons. The van der Waals surface area contributed by atoms with Crippen LogP contribution < -0.4 is 5.32 Å². The first-order valence-corrected chi connectivity index (χ1v) is 8.38. The predicted molar refractivity (Wildman–Crippen MR) is 78.4 cm³/mol. The topological polar surface area (TPSA) is 24.5 Å². The van der Waals surface area contributed by atoms with Gasteiger partial charge < -0.3 is 10.1 Å². The lowest BCUT2D eigenvalue weighted by molar-refractivity contribution is -0.000121. The van der Waals surface area contributed by atoms with Gasteiger partial charge in [-0.15, -0.1) is 0 Å². The Kier molecular flexibility index (Phi) is 4.45. The highest BCUT2D eigenvalue weighted by molar-refractivity contribution is 5.02. The summed E-state index contributed by atoms with van der Waals surface area (Å²) in [5.74, 6) is 0.877. The minimum atomic E-state index is 0.504. The van der Waals surface area contributed by atoms with Crippen LogP contribution in [0.3, 0.4) is 0 Å². The van der Waals surface area contributed by atoms with Crippen molar-refractivity contribution in [2.45, 2.75) is 63.5 Å². The fourth-order valence-electron chi connectivity index (χ4n) is 4.28. The summed E-state index contributed by atoms with van der Waals surface area (Å²) in [6.45, 7) is 8.11. The normalized spacial score (nSPS) is 33.0. The molecular weight excluding hydrogens is 236 g/mol. The fraction of sp³-hybridized carbons (Fsp3) is 1.00. The second-order valence-electron chi connectivity index (χ2n) is 6.88. The van der Waals surface area contributed by atoms with Crippen LogP contribution in [0.5, 0.6) is 0 Å². The number of nitrogens with zero attached hydrogens (tertiary/aromatic N) is 1. The maximum atomic E-state index is 5.52. The van der Waals surface area contributed by atoms with Crippen molar-refractivity contribution in [2.75, 3.05) is 32.8 Å². The summed E-state index contributed by atoms with van der Waals surface area (Å²) >= 11 is 0. The van der Waals surface area contributed by atoms with Gasteiger partial charge in [-0.3, -0.25) is 4.90 Å². The summed E-state index contributed by atoms with van der Waals surface area (Å²) in [4.78, 5) is 2.88. The van der Waals surface area contributed by atoms with E-state index < -0.39 is 0 Å². The van der Waals surface area contributed by atoms with Crippen molar-refractivity contribution < 1.29 is 4.74 Å². The van der Waals surface area contributed by atoms with E-state index in [0.29, 0.717) is 11.6 Å². The average Bonchev–Trinajstić information content (AvgIpc) is 2.92. The second kappa shape index (κ2) is 6.11. The standard InChI is InChI=1S/C16H30N2O/c1-2-15-12-18(11-14-5-9-19-10-6-14)16(13-17-15)7-3-4-8-16/h14-15,17H,2-13H2,1H3. The summed E-state index contributed by atoms with van der Waals surface area (Å²) in [5, 5.41) is 3.80. The summed E-state index contributed by atoms with van der Waals surface area (Å²) < 4.78 is 5.52. The van der Waals surface area contributed by atoms with Crippen molar-refractivity contribution in [3.05, 3.63) is 0 Å². The van der Waals surface area contributed by atoms with Crippen LogP contribution in [0, 0.1) is 5.92 Å². The number of ether oxygens (including phenoxy) is 1. The van der Waals surface area contributed by atoms with Gasteiger partial charge in [-0.1, -0.05) is 19.8 Å². The van der Waals surface area contributed by atoms with Crippen LogP contribution in [0.2, 0.25) is 0 Å². The lowest BCUT2D eigenvalue weighted by Crippen LogP contribution is -2.64. The summed E-state index contributed by atoms with van der Waals surface area (Å²) in [5.41, 5.74) is 0.504. The van der Waals surface area contributed by atoms with Gasteiger partial charge in [-0.2, -0.15) is 0 Å². The van der Waals surface area contributed by atoms with Gasteiger partial charge >= 0.3 is 0 Å². The van der Waals surface area contributed by atoms with Gasteiger partial charge in [0, 0.05) is 44.4 Å². The Bertz CT molecular complexity index is 282. The molecule has 1 aliphatic carbocycles. The Morgan fingerprint density at radius 3 is 2.63 bits per heavy atom. The first-order chi connectivity index (χ1) is 9.32. The van der Waals surface area contributed by atoms with Gasteiger partial charge in [0.25, 0.3) is 0 Å². The highest BCUT2D eigenvalue weighted by Crippen LogP contribution is 2.38. The lowest BCUT2D eigenvalue weighted by Gasteiger charge is -2.49. The number of hydrogen-bond acceptors (Lipinski definition) is 3. The van der Waals surface area contributed by atoms with Crippen LogP contribution in [0.1, 0.15) is 51.9 Å². The zero-order valence-corrected chi connectivity index (χ0v) is 12.5. The Labute approximate surface area is 118 Å². The van der Waals surface area contributed by atoms with E-state index in [-0.39, 0.29) is 0 Å². The third kappa shape index (κ3) is 2.98. The molecule has 3 rings (SSSR count). The smallest absolute Gasteiger partial charge is 0.0469 e. The highest BCUT2D eigenvalue weighted by atomic mass is 16.5. The molecule has 1 spiro atoms. The van der Waals surface area contributed by atoms with Crippen LogP contribution in [0.25, 0.3) is 0 Å². The third-order valence-corrected chi connectivity index (χ3v) is 5.68. The first-order valence-electron chi connectivity index (χ1n) is 8.38. The van der Waals surface area contributed by atoms with E-state index in [2.05, 4.69) is 17.1 Å². The molecule has 0 aromatic carbocycles. The summed E-state index contributed by atoms with van der Waals surface area (Å²) in [6.07, 6.45) is 9.51. The molecule has 1 unspecified atom stereocenters. The SMILES string of the molecule is CCC1CN(CC2CCOCC2)C2(CCCC2)CN1. The average molecular weight is 266 g/mol. The van der Waals surface area contributed by atoms with Gasteiger partial charge in [0.1, 0.15) is 0 Å². The Morgan fingerprint density at radius 1 is 1.21 bits per heavy atom. The molecule has 0 aromatic heterocycles. The van der Waals surface area contributed by atoms with E-state index in [1.54, 1.807) is 0 Å². The van der Waals surface area contributed by atoms with Crippen molar-refractivity contribution in [1.29, 1.82) is 0 Å². The monoisotopic (exact) mass is 266 g/mol. The number of piperazine rings is 1. The predicted octanol–water partition coefficient (Wildman–Crippen LogP) is 2.41. The minimum absolute atomic E-state index is 0.504. The van der Waals surface area contributed by atoms with E-state index in [1.165, 1.54) is 64.6 Å². The van der Waals surface area contributed by atoms with Crippen molar-refractivity contribution in [1.82, 2.24) is 10.2 Å². The van der Waals surface area contributed by atoms with Crippen molar-refractivity contribution >= 4 is 0 Å². The fourth-order valence-corrected chi connectivity index (χ4v) is 4.28. The lowest BCUT2D eigenvalue weighted by atomic mass is 9.88. The molecule has 1 N–H and O–H groups in total. The Morgan fingerprint density at radius 2 is 1.95 bits per heavy atom. The molecule has 0 aromatic rings. The van der Waals surface area contributed by atoms with Crippen LogP contribution >= 0.6 is 0 Å². The molecule has 0 amide bonds. The van der Waals surface area contributed by atoms with Gasteiger partial charge in [0.15, 0.2) is 0 Å².